The lowest BCUT2D eigenvalue weighted by atomic mass is 10.1. The molecule has 1 aliphatic rings. The van der Waals surface area contributed by atoms with Gasteiger partial charge in [0.15, 0.2) is 15.5 Å². The summed E-state index contributed by atoms with van der Waals surface area (Å²) in [6, 6.07) is 19.6. The lowest BCUT2D eigenvalue weighted by molar-refractivity contribution is -0.137. The Morgan fingerprint density at radius 2 is 1.57 bits per heavy atom. The van der Waals surface area contributed by atoms with Crippen molar-refractivity contribution in [3.63, 3.8) is 0 Å². The molecule has 5 aromatic rings. The highest BCUT2D eigenvalue weighted by Crippen LogP contribution is 2.31. The van der Waals surface area contributed by atoms with Crippen molar-refractivity contribution in [2.45, 2.75) is 24.5 Å². The van der Waals surface area contributed by atoms with Gasteiger partial charge in [0.25, 0.3) is 11.5 Å². The molecule has 0 aliphatic carbocycles. The first-order chi connectivity index (χ1) is 24.2. The molecule has 16 heteroatoms. The number of benzene rings is 3. The van der Waals surface area contributed by atoms with Gasteiger partial charge in [0.1, 0.15) is 0 Å². The molecule has 1 aliphatic heterocycles. The Labute approximate surface area is 290 Å². The normalized spacial score (nSPS) is 13.7. The number of sulfone groups is 1. The Morgan fingerprint density at radius 3 is 2.22 bits per heavy atom. The molecule has 0 spiro atoms. The van der Waals surface area contributed by atoms with E-state index in [-0.39, 0.29) is 41.7 Å². The van der Waals surface area contributed by atoms with Crippen LogP contribution in [0.25, 0.3) is 16.7 Å². The van der Waals surface area contributed by atoms with E-state index in [0.717, 1.165) is 24.0 Å². The van der Waals surface area contributed by atoms with Gasteiger partial charge >= 0.3 is 12.2 Å². The molecule has 0 saturated carbocycles. The molecule has 0 atom stereocenters. The summed E-state index contributed by atoms with van der Waals surface area (Å²) >= 11 is 0. The summed E-state index contributed by atoms with van der Waals surface area (Å²) in [7, 11) is -3.33. The van der Waals surface area contributed by atoms with E-state index in [1.54, 1.807) is 49.4 Å². The lowest BCUT2D eigenvalue weighted by Gasteiger charge is -2.35. The van der Waals surface area contributed by atoms with Gasteiger partial charge < -0.3 is 20.4 Å². The zero-order valence-corrected chi connectivity index (χ0v) is 28.3. The third-order valence-electron chi connectivity index (χ3n) is 8.41. The van der Waals surface area contributed by atoms with Crippen LogP contribution in [0.1, 0.15) is 27.2 Å². The topological polar surface area (TPSA) is 147 Å². The number of nitrogens with one attached hydrogen (secondary N) is 2. The molecule has 0 bridgehead atoms. The molecule has 3 aromatic carbocycles. The van der Waals surface area contributed by atoms with E-state index in [2.05, 4.69) is 15.6 Å². The van der Waals surface area contributed by atoms with Crippen molar-refractivity contribution in [1.82, 2.24) is 24.8 Å². The number of rotatable bonds is 7. The third-order valence-corrected chi connectivity index (χ3v) is 9.54. The van der Waals surface area contributed by atoms with Crippen LogP contribution in [-0.2, 0) is 22.6 Å². The highest BCUT2D eigenvalue weighted by Gasteiger charge is 2.31. The SMILES string of the molecule is Cc1nc(N2CCN(C(=O)Nc3cccc(C(F)(F)F)c3)CC2)nc2c1ccc(=O)n2-c1ccc(C(=O)NCc2ccc(S(C)(=O)=O)cc2)cc1. The summed E-state index contributed by atoms with van der Waals surface area (Å²) in [5.41, 5.74) is 1.34. The monoisotopic (exact) mass is 719 g/mol. The van der Waals surface area contributed by atoms with Crippen molar-refractivity contribution in [3.05, 3.63) is 118 Å². The van der Waals surface area contributed by atoms with E-state index in [9.17, 15) is 36.0 Å². The van der Waals surface area contributed by atoms with Crippen LogP contribution in [0.5, 0.6) is 0 Å². The fourth-order valence-electron chi connectivity index (χ4n) is 5.63. The van der Waals surface area contributed by atoms with Crippen molar-refractivity contribution in [3.8, 4) is 5.69 Å². The molecule has 264 valence electrons. The van der Waals surface area contributed by atoms with Gasteiger partial charge in [0.05, 0.1) is 21.8 Å². The summed E-state index contributed by atoms with van der Waals surface area (Å²) in [5.74, 6) is -0.0139. The average molecular weight is 720 g/mol. The van der Waals surface area contributed by atoms with Crippen LogP contribution >= 0.6 is 0 Å². The van der Waals surface area contributed by atoms with E-state index in [1.807, 2.05) is 4.90 Å². The maximum atomic E-state index is 13.2. The molecular weight excluding hydrogens is 687 g/mol. The standard InChI is InChI=1S/C35H32F3N7O5S/c1-22-29-14-15-30(46)45(27-10-8-24(9-11-27)32(47)39-21-23-6-12-28(13-7-23)51(2,49)50)31(29)42-33(40-22)43-16-18-44(19-17-43)34(48)41-26-5-3-4-25(20-26)35(36,37)38/h3-15,20H,16-19,21H2,1-2H3,(H,39,47)(H,41,48). The number of fused-ring (bicyclic) bond motifs is 1. The van der Waals surface area contributed by atoms with Gasteiger partial charge in [0, 0.05) is 61.7 Å². The van der Waals surface area contributed by atoms with Gasteiger partial charge in [-0.25, -0.2) is 18.2 Å². The number of hydrogen-bond acceptors (Lipinski definition) is 8. The molecular formula is C35H32F3N7O5S. The Kier molecular flexibility index (Phi) is 9.53. The van der Waals surface area contributed by atoms with Crippen molar-refractivity contribution in [2.24, 2.45) is 0 Å². The van der Waals surface area contributed by atoms with Crippen molar-refractivity contribution in [2.75, 3.05) is 42.7 Å². The maximum absolute atomic E-state index is 13.2. The average Bonchev–Trinajstić information content (AvgIpc) is 3.10. The number of aryl methyl sites for hydroxylation is 1. The van der Waals surface area contributed by atoms with E-state index in [1.165, 1.54) is 39.8 Å². The van der Waals surface area contributed by atoms with Crippen LogP contribution in [-0.4, -0.2) is 72.2 Å². The predicted octanol–water partition coefficient (Wildman–Crippen LogP) is 4.80. The maximum Gasteiger partial charge on any atom is 0.416 e. The molecule has 12 nitrogen and oxygen atoms in total. The van der Waals surface area contributed by atoms with Crippen LogP contribution in [0.3, 0.4) is 0 Å². The largest absolute Gasteiger partial charge is 0.416 e. The second-order valence-corrected chi connectivity index (χ2v) is 14.0. The quantitative estimate of drug-likeness (QED) is 0.244. The molecule has 51 heavy (non-hydrogen) atoms. The second kappa shape index (κ2) is 13.9. The Bertz CT molecular complexity index is 2290. The molecule has 3 heterocycles. The summed E-state index contributed by atoms with van der Waals surface area (Å²) in [4.78, 5) is 51.9. The molecule has 0 radical (unpaired) electrons. The Morgan fingerprint density at radius 1 is 0.882 bits per heavy atom. The number of carbonyl (C=O) groups excluding carboxylic acids is 2. The number of nitrogens with zero attached hydrogens (tertiary/aromatic N) is 5. The van der Waals surface area contributed by atoms with Gasteiger partial charge in [-0.1, -0.05) is 18.2 Å². The number of pyridine rings is 1. The molecule has 1 saturated heterocycles. The minimum atomic E-state index is -4.53. The number of halogens is 3. The van der Waals surface area contributed by atoms with Crippen molar-refractivity contribution in [1.29, 1.82) is 0 Å². The summed E-state index contributed by atoms with van der Waals surface area (Å²) < 4.78 is 64.1. The van der Waals surface area contributed by atoms with E-state index in [0.29, 0.717) is 47.0 Å². The predicted molar refractivity (Wildman–Crippen MR) is 185 cm³/mol. The lowest BCUT2D eigenvalue weighted by Crippen LogP contribution is -2.50. The highest BCUT2D eigenvalue weighted by atomic mass is 32.2. The number of anilines is 2. The van der Waals surface area contributed by atoms with E-state index >= 15 is 0 Å². The van der Waals surface area contributed by atoms with Crippen LogP contribution < -0.4 is 21.1 Å². The van der Waals surface area contributed by atoms with Crippen LogP contribution in [0.4, 0.5) is 29.6 Å². The number of carbonyl (C=O) groups is 2. The van der Waals surface area contributed by atoms with E-state index in [4.69, 9.17) is 4.98 Å². The van der Waals surface area contributed by atoms with Gasteiger partial charge in [-0.15, -0.1) is 0 Å². The molecule has 6 rings (SSSR count). The molecule has 2 aromatic heterocycles. The van der Waals surface area contributed by atoms with Crippen molar-refractivity contribution >= 4 is 44.4 Å². The summed E-state index contributed by atoms with van der Waals surface area (Å²) in [6.45, 7) is 3.16. The molecule has 1 fully saturated rings. The first kappa shape index (κ1) is 35.1. The van der Waals surface area contributed by atoms with Gasteiger partial charge in [-0.3, -0.25) is 14.2 Å². The summed E-state index contributed by atoms with van der Waals surface area (Å²) in [6.07, 6.45) is -3.41. The molecule has 2 N–H and O–H groups in total. The fourth-order valence-corrected chi connectivity index (χ4v) is 6.26. The number of alkyl halides is 3. The van der Waals surface area contributed by atoms with Crippen LogP contribution in [0.2, 0.25) is 0 Å². The first-order valence-corrected chi connectivity index (χ1v) is 17.6. The minimum Gasteiger partial charge on any atom is -0.348 e. The van der Waals surface area contributed by atoms with Crippen LogP contribution in [0.15, 0.2) is 94.6 Å². The van der Waals surface area contributed by atoms with Gasteiger partial charge in [0.2, 0.25) is 5.95 Å². The van der Waals surface area contributed by atoms with Crippen molar-refractivity contribution < 1.29 is 31.2 Å². The van der Waals surface area contributed by atoms with Crippen LogP contribution in [0, 0.1) is 6.92 Å². The molecule has 3 amide bonds. The Balaban J connectivity index is 1.15. The molecule has 0 unspecified atom stereocenters. The number of amides is 3. The fraction of sp³-hybridized carbons (Fsp3) is 0.229. The number of hydrogen-bond donors (Lipinski definition) is 2. The highest BCUT2D eigenvalue weighted by molar-refractivity contribution is 7.90. The second-order valence-electron chi connectivity index (χ2n) is 12.0. The van der Waals surface area contributed by atoms with E-state index < -0.39 is 27.6 Å². The summed E-state index contributed by atoms with van der Waals surface area (Å²) in [5, 5.41) is 5.97. The number of aromatic nitrogens is 3. The zero-order valence-electron chi connectivity index (χ0n) is 27.4. The number of piperazine rings is 1. The zero-order chi connectivity index (χ0) is 36.5. The minimum absolute atomic E-state index is 0.0382. The third kappa shape index (κ3) is 7.85. The first-order valence-electron chi connectivity index (χ1n) is 15.7. The van der Waals surface area contributed by atoms with Gasteiger partial charge in [-0.2, -0.15) is 18.2 Å². The smallest absolute Gasteiger partial charge is 0.348 e. The number of urea groups is 1. The Hall–Kier alpha value is -5.77. The van der Waals surface area contributed by atoms with Gasteiger partial charge in [-0.05, 0) is 73.2 Å².